The maximum atomic E-state index is 13.2. The van der Waals surface area contributed by atoms with Crippen molar-refractivity contribution in [2.75, 3.05) is 30.3 Å². The zero-order chi connectivity index (χ0) is 20.1. The molecule has 28 heavy (non-hydrogen) atoms. The van der Waals surface area contributed by atoms with E-state index in [1.54, 1.807) is 12.1 Å². The number of anilines is 2. The Kier molecular flexibility index (Phi) is 6.25. The van der Waals surface area contributed by atoms with E-state index in [1.807, 2.05) is 0 Å². The predicted molar refractivity (Wildman–Crippen MR) is 103 cm³/mol. The summed E-state index contributed by atoms with van der Waals surface area (Å²) >= 11 is 0. The lowest BCUT2D eigenvalue weighted by molar-refractivity contribution is -0.114. The van der Waals surface area contributed by atoms with Crippen molar-refractivity contribution in [2.45, 2.75) is 24.2 Å². The smallest absolute Gasteiger partial charge is 0.243 e. The average Bonchev–Trinajstić information content (AvgIpc) is 2.66. The molecule has 6 nitrogen and oxygen atoms in total. The van der Waals surface area contributed by atoms with Crippen LogP contribution < -0.4 is 10.6 Å². The van der Waals surface area contributed by atoms with Crippen LogP contribution in [0.15, 0.2) is 47.4 Å². The lowest BCUT2D eigenvalue weighted by atomic mass is 10.2. The Morgan fingerprint density at radius 1 is 0.964 bits per heavy atom. The zero-order valence-corrected chi connectivity index (χ0v) is 15.9. The number of amides is 1. The van der Waals surface area contributed by atoms with E-state index in [4.69, 9.17) is 0 Å². The number of piperidine rings is 1. The van der Waals surface area contributed by atoms with Crippen LogP contribution in [0.5, 0.6) is 0 Å². The largest absolute Gasteiger partial charge is 0.376 e. The molecule has 3 rings (SSSR count). The first-order chi connectivity index (χ1) is 13.3. The molecule has 150 valence electrons. The third-order valence-corrected chi connectivity index (χ3v) is 6.28. The van der Waals surface area contributed by atoms with E-state index in [9.17, 15) is 22.0 Å². The van der Waals surface area contributed by atoms with E-state index in [1.165, 1.54) is 16.4 Å². The molecule has 1 heterocycles. The number of benzene rings is 2. The van der Waals surface area contributed by atoms with Crippen LogP contribution in [-0.4, -0.2) is 38.3 Å². The minimum atomic E-state index is -3.57. The second-order valence-corrected chi connectivity index (χ2v) is 8.49. The van der Waals surface area contributed by atoms with Gasteiger partial charge in [0.2, 0.25) is 15.9 Å². The van der Waals surface area contributed by atoms with Crippen molar-refractivity contribution in [3.8, 4) is 0 Å². The molecular weight excluding hydrogens is 388 g/mol. The number of carbonyl (C=O) groups excluding carboxylic acids is 1. The van der Waals surface area contributed by atoms with Gasteiger partial charge in [0.05, 0.1) is 11.4 Å². The van der Waals surface area contributed by atoms with Gasteiger partial charge < -0.3 is 10.6 Å². The summed E-state index contributed by atoms with van der Waals surface area (Å²) in [7, 11) is -3.57. The molecule has 0 saturated carbocycles. The predicted octanol–water partition coefficient (Wildman–Crippen LogP) is 3.19. The van der Waals surface area contributed by atoms with Gasteiger partial charge in [-0.15, -0.1) is 0 Å². The highest BCUT2D eigenvalue weighted by Gasteiger charge is 2.25. The lowest BCUT2D eigenvalue weighted by Crippen LogP contribution is -2.35. The van der Waals surface area contributed by atoms with Gasteiger partial charge in [-0.1, -0.05) is 12.5 Å². The molecule has 0 unspecified atom stereocenters. The van der Waals surface area contributed by atoms with Crippen LogP contribution >= 0.6 is 0 Å². The summed E-state index contributed by atoms with van der Waals surface area (Å²) in [4.78, 5) is 12.2. The highest BCUT2D eigenvalue weighted by atomic mass is 32.2. The summed E-state index contributed by atoms with van der Waals surface area (Å²) in [6.45, 7) is 0.824. The minimum absolute atomic E-state index is 0.00530. The topological polar surface area (TPSA) is 78.5 Å². The van der Waals surface area contributed by atoms with Crippen molar-refractivity contribution < 1.29 is 22.0 Å². The Hall–Kier alpha value is -2.52. The number of rotatable bonds is 6. The molecule has 1 aliphatic rings. The molecule has 1 saturated heterocycles. The molecule has 1 amide bonds. The van der Waals surface area contributed by atoms with Gasteiger partial charge in [0, 0.05) is 30.5 Å². The van der Waals surface area contributed by atoms with Crippen molar-refractivity contribution in [1.29, 1.82) is 0 Å². The van der Waals surface area contributed by atoms with E-state index in [-0.39, 0.29) is 17.1 Å². The fourth-order valence-electron chi connectivity index (χ4n) is 3.03. The average molecular weight is 409 g/mol. The van der Waals surface area contributed by atoms with Gasteiger partial charge in [0.25, 0.3) is 0 Å². The second kappa shape index (κ2) is 8.66. The molecule has 0 radical (unpaired) electrons. The molecular formula is C19H21F2N3O3S. The van der Waals surface area contributed by atoms with Gasteiger partial charge in [0.1, 0.15) is 11.6 Å². The van der Waals surface area contributed by atoms with Crippen molar-refractivity contribution in [3.05, 3.63) is 54.1 Å². The maximum Gasteiger partial charge on any atom is 0.243 e. The van der Waals surface area contributed by atoms with Gasteiger partial charge in [0.15, 0.2) is 0 Å². The number of sulfonamides is 1. The van der Waals surface area contributed by atoms with Crippen LogP contribution in [0.2, 0.25) is 0 Å². The second-order valence-electron chi connectivity index (χ2n) is 6.55. The van der Waals surface area contributed by atoms with E-state index < -0.39 is 27.6 Å². The Morgan fingerprint density at radius 2 is 1.64 bits per heavy atom. The highest BCUT2D eigenvalue weighted by Crippen LogP contribution is 2.23. The Labute approximate surface area is 162 Å². The van der Waals surface area contributed by atoms with Crippen molar-refractivity contribution >= 4 is 27.3 Å². The van der Waals surface area contributed by atoms with Gasteiger partial charge in [-0.2, -0.15) is 4.31 Å². The van der Waals surface area contributed by atoms with Crippen molar-refractivity contribution in [2.24, 2.45) is 0 Å². The molecule has 9 heteroatoms. The monoisotopic (exact) mass is 409 g/mol. The molecule has 2 N–H and O–H groups in total. The molecule has 1 fully saturated rings. The SMILES string of the molecule is O=C(CNc1cccc(S(=O)(=O)N2CCCCC2)c1)Nc1cc(F)cc(F)c1. The number of carbonyl (C=O) groups is 1. The first kappa shape index (κ1) is 20.2. The number of halogens is 2. The third kappa shape index (κ3) is 5.05. The van der Waals surface area contributed by atoms with Crippen molar-refractivity contribution in [3.63, 3.8) is 0 Å². The number of nitrogens with one attached hydrogen (secondary N) is 2. The Morgan fingerprint density at radius 3 is 2.32 bits per heavy atom. The fourth-order valence-corrected chi connectivity index (χ4v) is 4.60. The van der Waals surface area contributed by atoms with Gasteiger partial charge in [-0.05, 0) is 43.2 Å². The highest BCUT2D eigenvalue weighted by molar-refractivity contribution is 7.89. The maximum absolute atomic E-state index is 13.2. The molecule has 2 aromatic carbocycles. The normalized spacial score (nSPS) is 15.2. The molecule has 0 aromatic heterocycles. The molecule has 2 aromatic rings. The van der Waals surface area contributed by atoms with Gasteiger partial charge in [-0.3, -0.25) is 4.79 Å². The van der Waals surface area contributed by atoms with Gasteiger partial charge >= 0.3 is 0 Å². The van der Waals surface area contributed by atoms with Crippen LogP contribution in [0.25, 0.3) is 0 Å². The number of hydrogen-bond acceptors (Lipinski definition) is 4. The Bertz CT molecular complexity index is 940. The summed E-state index contributed by atoms with van der Waals surface area (Å²) in [5.74, 6) is -2.10. The summed E-state index contributed by atoms with van der Waals surface area (Å²) in [6, 6.07) is 8.95. The quantitative estimate of drug-likeness (QED) is 0.768. The van der Waals surface area contributed by atoms with Crippen molar-refractivity contribution in [1.82, 2.24) is 4.31 Å². The zero-order valence-electron chi connectivity index (χ0n) is 15.1. The van der Waals surface area contributed by atoms with E-state index >= 15 is 0 Å². The molecule has 0 bridgehead atoms. The van der Waals surface area contributed by atoms with E-state index in [2.05, 4.69) is 10.6 Å². The summed E-state index contributed by atoms with van der Waals surface area (Å²) in [6.07, 6.45) is 2.72. The van der Waals surface area contributed by atoms with Gasteiger partial charge in [-0.25, -0.2) is 17.2 Å². The van der Waals surface area contributed by atoms with E-state index in [0.717, 1.165) is 31.4 Å². The minimum Gasteiger partial charge on any atom is -0.376 e. The molecule has 0 aliphatic carbocycles. The third-order valence-electron chi connectivity index (χ3n) is 4.39. The van der Waals surface area contributed by atoms with Crippen LogP contribution in [0.3, 0.4) is 0 Å². The first-order valence-electron chi connectivity index (χ1n) is 8.95. The van der Waals surface area contributed by atoms with Crippen LogP contribution in [0.4, 0.5) is 20.2 Å². The standard InChI is InChI=1S/C19H21F2N3O3S/c20-14-9-15(21)11-17(10-14)23-19(25)13-22-16-5-4-6-18(12-16)28(26,27)24-7-2-1-3-8-24/h4-6,9-12,22H,1-3,7-8,13H2,(H,23,25). The summed E-state index contributed by atoms with van der Waals surface area (Å²) in [5.41, 5.74) is 0.462. The molecule has 1 aliphatic heterocycles. The molecule has 0 atom stereocenters. The van der Waals surface area contributed by atoms with Crippen LogP contribution in [-0.2, 0) is 14.8 Å². The van der Waals surface area contributed by atoms with E-state index in [0.29, 0.717) is 24.8 Å². The Balaban J connectivity index is 1.63. The summed E-state index contributed by atoms with van der Waals surface area (Å²) in [5, 5.41) is 5.21. The summed E-state index contributed by atoms with van der Waals surface area (Å²) < 4.78 is 53.3. The van der Waals surface area contributed by atoms with Crippen LogP contribution in [0.1, 0.15) is 19.3 Å². The fraction of sp³-hybridized carbons (Fsp3) is 0.316. The van der Waals surface area contributed by atoms with Crippen LogP contribution in [0, 0.1) is 11.6 Å². The first-order valence-corrected chi connectivity index (χ1v) is 10.4. The molecule has 0 spiro atoms. The number of nitrogens with zero attached hydrogens (tertiary/aromatic N) is 1. The number of hydrogen-bond donors (Lipinski definition) is 2. The lowest BCUT2D eigenvalue weighted by Gasteiger charge is -2.26.